The molecule has 208 valence electrons. The first-order chi connectivity index (χ1) is 16.4. The molecule has 0 heterocycles. The Labute approximate surface area is 287 Å². The topological polar surface area (TPSA) is 0 Å². The van der Waals surface area contributed by atoms with Crippen LogP contribution in [-0.2, 0) is 49.4 Å². The molecule has 6 aliphatic carbocycles. The Hall–Kier alpha value is 0.846. The van der Waals surface area contributed by atoms with Gasteiger partial charge >= 0.3 is 155 Å². The van der Waals surface area contributed by atoms with E-state index in [1.165, 1.54) is 48.0 Å². The summed E-state index contributed by atoms with van der Waals surface area (Å²) in [6.45, 7) is 8.94. The molecule has 0 aromatic carbocycles. The maximum absolute atomic E-state index is 2.40. The van der Waals surface area contributed by atoms with Crippen LogP contribution in [0.1, 0.15) is 66.2 Å². The number of halogens is 4. The van der Waals surface area contributed by atoms with E-state index in [4.69, 9.17) is 0 Å². The van der Waals surface area contributed by atoms with Gasteiger partial charge in [0.05, 0.1) is 0 Å². The molecule has 2 fully saturated rings. The zero-order valence-electron chi connectivity index (χ0n) is 23.1. The van der Waals surface area contributed by atoms with Gasteiger partial charge in [-0.15, -0.1) is 49.6 Å². The van der Waals surface area contributed by atoms with E-state index in [1.807, 2.05) is 0 Å². The molecule has 2 saturated carbocycles. The molecule has 0 aliphatic heterocycles. The van der Waals surface area contributed by atoms with Gasteiger partial charge < -0.3 is 0 Å². The SMILES string of the molecule is CC1=CCC(C2=C(C)C(C)=CC2)=C1C.Cl.Cl.Cl.Cl.[Zr][CH]1CCC2C=CC=CC12.[Zr][CH]1CCC2C=CC=CC12. The second-order valence-electron chi connectivity index (χ2n) is 10.8. The van der Waals surface area contributed by atoms with E-state index in [0.717, 1.165) is 43.8 Å². The summed E-state index contributed by atoms with van der Waals surface area (Å²) in [5.74, 6) is 3.61. The van der Waals surface area contributed by atoms with Crippen LogP contribution in [0.5, 0.6) is 0 Å². The molecular formula is C32H44Cl4Zr2. The summed E-state index contributed by atoms with van der Waals surface area (Å²) >= 11 is 3.47. The van der Waals surface area contributed by atoms with Crippen LogP contribution >= 0.6 is 49.6 Å². The molecule has 0 bridgehead atoms. The Balaban J connectivity index is 0.000000522. The van der Waals surface area contributed by atoms with Crippen molar-refractivity contribution in [2.75, 3.05) is 0 Å². The van der Waals surface area contributed by atoms with Crippen LogP contribution in [0.15, 0.2) is 94.2 Å². The summed E-state index contributed by atoms with van der Waals surface area (Å²) in [7, 11) is 0. The summed E-state index contributed by atoms with van der Waals surface area (Å²) in [5.41, 5.74) is 9.08. The maximum atomic E-state index is 2.40. The van der Waals surface area contributed by atoms with Crippen molar-refractivity contribution in [1.82, 2.24) is 0 Å². The summed E-state index contributed by atoms with van der Waals surface area (Å²) in [5, 5.41) is 0. The van der Waals surface area contributed by atoms with E-state index in [9.17, 15) is 0 Å². The second-order valence-corrected chi connectivity index (χ2v) is 14.4. The van der Waals surface area contributed by atoms with Crippen LogP contribution in [0.4, 0.5) is 0 Å². The van der Waals surface area contributed by atoms with Gasteiger partial charge in [0.25, 0.3) is 0 Å². The van der Waals surface area contributed by atoms with Gasteiger partial charge in [-0.05, 0) is 62.8 Å². The molecule has 6 aliphatic rings. The molecule has 38 heavy (non-hydrogen) atoms. The molecule has 6 rings (SSSR count). The van der Waals surface area contributed by atoms with Crippen molar-refractivity contribution < 1.29 is 49.4 Å². The van der Waals surface area contributed by atoms with E-state index in [-0.39, 0.29) is 49.6 Å². The number of fused-ring (bicyclic) bond motifs is 2. The molecule has 0 N–H and O–H groups in total. The van der Waals surface area contributed by atoms with Crippen molar-refractivity contribution in [3.05, 3.63) is 94.2 Å². The summed E-state index contributed by atoms with van der Waals surface area (Å²) < 4.78 is 2.02. The van der Waals surface area contributed by atoms with Gasteiger partial charge in [0, 0.05) is 0 Å². The van der Waals surface area contributed by atoms with Gasteiger partial charge in [-0.2, -0.15) is 0 Å². The Bertz CT molecular complexity index is 946. The third-order valence-corrected chi connectivity index (χ3v) is 12.1. The molecule has 6 atom stereocenters. The van der Waals surface area contributed by atoms with E-state index in [0.29, 0.717) is 0 Å². The Morgan fingerprint density at radius 2 is 0.868 bits per heavy atom. The molecule has 0 nitrogen and oxygen atoms in total. The zero-order valence-corrected chi connectivity index (χ0v) is 31.3. The van der Waals surface area contributed by atoms with Gasteiger partial charge in [0.15, 0.2) is 0 Å². The third kappa shape index (κ3) is 9.43. The van der Waals surface area contributed by atoms with Crippen molar-refractivity contribution in [1.29, 1.82) is 0 Å². The van der Waals surface area contributed by atoms with Gasteiger partial charge in [0.1, 0.15) is 0 Å². The van der Waals surface area contributed by atoms with Crippen molar-refractivity contribution in [2.24, 2.45) is 23.7 Å². The van der Waals surface area contributed by atoms with Crippen molar-refractivity contribution in [3.8, 4) is 0 Å². The first-order valence-electron chi connectivity index (χ1n) is 13.2. The molecule has 0 radical (unpaired) electrons. The monoisotopic (exact) mass is 748 g/mol. The molecule has 0 amide bonds. The quantitative estimate of drug-likeness (QED) is 0.250. The minimum atomic E-state index is 0. The fourth-order valence-corrected chi connectivity index (χ4v) is 8.79. The predicted octanol–water partition coefficient (Wildman–Crippen LogP) is 11.0. The number of hydrogen-bond donors (Lipinski definition) is 0. The molecule has 0 aromatic rings. The Morgan fingerprint density at radius 3 is 1.16 bits per heavy atom. The van der Waals surface area contributed by atoms with Gasteiger partial charge in [-0.3, -0.25) is 0 Å². The summed E-state index contributed by atoms with van der Waals surface area (Å²) in [6, 6.07) is 0. The van der Waals surface area contributed by atoms with Crippen LogP contribution in [0.3, 0.4) is 0 Å². The Morgan fingerprint density at radius 1 is 0.526 bits per heavy atom. The van der Waals surface area contributed by atoms with Crippen molar-refractivity contribution >= 4 is 49.6 Å². The van der Waals surface area contributed by atoms with Gasteiger partial charge in [-0.1, -0.05) is 23.3 Å². The average molecular weight is 753 g/mol. The summed E-state index contributed by atoms with van der Waals surface area (Å²) in [4.78, 5) is 0. The van der Waals surface area contributed by atoms with Crippen LogP contribution in [0.25, 0.3) is 0 Å². The van der Waals surface area contributed by atoms with E-state index >= 15 is 0 Å². The number of allylic oxidation sites excluding steroid dienone is 16. The molecule has 6 unspecified atom stereocenters. The van der Waals surface area contributed by atoms with Gasteiger partial charge in [0.2, 0.25) is 0 Å². The molecule has 6 heteroatoms. The molecular weight excluding hydrogens is 709 g/mol. The molecule has 0 aromatic heterocycles. The first-order valence-corrected chi connectivity index (χ1v) is 16.1. The average Bonchev–Trinajstić information content (AvgIpc) is 3.60. The summed E-state index contributed by atoms with van der Waals surface area (Å²) in [6.07, 6.45) is 31.2. The normalized spacial score (nSPS) is 31.1. The van der Waals surface area contributed by atoms with Crippen molar-refractivity contribution in [2.45, 2.75) is 73.5 Å². The molecule has 0 spiro atoms. The molecule has 0 saturated heterocycles. The fraction of sp³-hybridized carbons (Fsp3) is 0.500. The second kappa shape index (κ2) is 18.4. The minimum absolute atomic E-state index is 0. The van der Waals surface area contributed by atoms with Crippen LogP contribution in [-0.4, -0.2) is 0 Å². The Kier molecular flexibility index (Phi) is 18.8. The first kappa shape index (κ1) is 38.8. The standard InChI is InChI=1S/C14H18.2C9H11.4ClH.2Zr/c1-9-5-7-13(11(9)3)14-8-6-10(2)12(14)4;2*1-2-5-9-7-3-6-8(9)4-1;;;;;;/h5-6H,7-8H2,1-4H3;2*1-2,4-6,8-9H,3,7H2;4*1H;;. The van der Waals surface area contributed by atoms with E-state index < -0.39 is 0 Å². The van der Waals surface area contributed by atoms with Crippen LogP contribution < -0.4 is 0 Å². The number of hydrogen-bond acceptors (Lipinski definition) is 0. The van der Waals surface area contributed by atoms with Crippen molar-refractivity contribution in [3.63, 3.8) is 0 Å². The van der Waals surface area contributed by atoms with Crippen LogP contribution in [0.2, 0.25) is 7.25 Å². The van der Waals surface area contributed by atoms with E-state index in [2.05, 4.69) is 88.5 Å². The number of rotatable bonds is 1. The third-order valence-electron chi connectivity index (χ3n) is 8.82. The predicted molar refractivity (Wildman–Crippen MR) is 168 cm³/mol. The van der Waals surface area contributed by atoms with Crippen LogP contribution in [0, 0.1) is 23.7 Å². The zero-order chi connectivity index (χ0) is 24.2. The van der Waals surface area contributed by atoms with E-state index in [1.54, 1.807) is 60.6 Å². The van der Waals surface area contributed by atoms with Gasteiger partial charge in [-0.25, -0.2) is 0 Å². The fourth-order valence-electron chi connectivity index (χ4n) is 6.21.